The first-order valence-electron chi connectivity index (χ1n) is 6.53. The van der Waals surface area contributed by atoms with E-state index in [1.165, 1.54) is 19.3 Å². The monoisotopic (exact) mass is 242 g/mol. The molecule has 0 unspecified atom stereocenters. The maximum Gasteiger partial charge on any atom is 0.314 e. The van der Waals surface area contributed by atoms with Gasteiger partial charge in [0, 0.05) is 0 Å². The number of alkyl halides is 1. The van der Waals surface area contributed by atoms with Crippen molar-refractivity contribution in [2.75, 3.05) is 13.7 Å². The molecule has 0 amide bonds. The van der Waals surface area contributed by atoms with Crippen molar-refractivity contribution in [3.05, 3.63) is 0 Å². The fourth-order valence-corrected chi connectivity index (χ4v) is 4.64. The third-order valence-electron chi connectivity index (χ3n) is 4.82. The Balaban J connectivity index is 1.67. The number of hydrogen-bond donors (Lipinski definition) is 0. The molecule has 0 aromatic heterocycles. The predicted molar refractivity (Wildman–Crippen MR) is 58.6 cm³/mol. The second-order valence-electron chi connectivity index (χ2n) is 6.06. The second-order valence-corrected chi connectivity index (χ2v) is 6.06. The quantitative estimate of drug-likeness (QED) is 0.432. The lowest BCUT2D eigenvalue weighted by Gasteiger charge is -2.55. The van der Waals surface area contributed by atoms with Crippen molar-refractivity contribution < 1.29 is 18.7 Å². The number of hydrogen-bond acceptors (Lipinski definition) is 3. The van der Waals surface area contributed by atoms with Gasteiger partial charge in [-0.05, 0) is 56.3 Å². The highest BCUT2D eigenvalue weighted by Gasteiger charge is 2.55. The van der Waals surface area contributed by atoms with Crippen LogP contribution in [-0.2, 0) is 14.3 Å². The van der Waals surface area contributed by atoms with Crippen LogP contribution in [0.1, 0.15) is 38.5 Å². The van der Waals surface area contributed by atoms with Gasteiger partial charge in [-0.25, -0.2) is 4.39 Å². The Hall–Kier alpha value is -0.640. The molecule has 0 atom stereocenters. The lowest BCUT2D eigenvalue weighted by Crippen LogP contribution is -2.50. The van der Waals surface area contributed by atoms with Crippen LogP contribution in [0, 0.1) is 23.2 Å². The summed E-state index contributed by atoms with van der Waals surface area (Å²) in [6, 6.07) is 0. The molecule has 0 aromatic carbocycles. The average Bonchev–Trinajstić information content (AvgIpc) is 2.27. The van der Waals surface area contributed by atoms with Gasteiger partial charge in [-0.3, -0.25) is 4.79 Å². The molecule has 4 rings (SSSR count). The summed E-state index contributed by atoms with van der Waals surface area (Å²) in [6.45, 7) is -1.13. The minimum absolute atomic E-state index is 0.148. The van der Waals surface area contributed by atoms with Gasteiger partial charge >= 0.3 is 5.97 Å². The maximum absolute atomic E-state index is 12.1. The van der Waals surface area contributed by atoms with Gasteiger partial charge in [-0.15, -0.1) is 0 Å². The number of rotatable bonds is 4. The van der Waals surface area contributed by atoms with Crippen molar-refractivity contribution in [3.63, 3.8) is 0 Å². The highest BCUT2D eigenvalue weighted by atomic mass is 19.1. The number of carbonyl (C=O) groups is 1. The summed E-state index contributed by atoms with van der Waals surface area (Å²) in [7, 11) is 0. The molecule has 17 heavy (non-hydrogen) atoms. The zero-order valence-electron chi connectivity index (χ0n) is 9.99. The number of halogens is 1. The molecule has 4 aliphatic rings. The smallest absolute Gasteiger partial charge is 0.314 e. The molecule has 4 fully saturated rings. The van der Waals surface area contributed by atoms with Crippen LogP contribution in [0.2, 0.25) is 0 Å². The van der Waals surface area contributed by atoms with E-state index in [0.717, 1.165) is 37.0 Å². The molecule has 96 valence electrons. The van der Waals surface area contributed by atoms with E-state index < -0.39 is 6.86 Å². The Labute approximate surface area is 101 Å². The lowest BCUT2D eigenvalue weighted by atomic mass is 9.49. The van der Waals surface area contributed by atoms with Crippen molar-refractivity contribution in [3.8, 4) is 0 Å². The molecule has 4 saturated carbocycles. The van der Waals surface area contributed by atoms with Gasteiger partial charge in [-0.1, -0.05) is 0 Å². The summed E-state index contributed by atoms with van der Waals surface area (Å²) in [4.78, 5) is 12.1. The van der Waals surface area contributed by atoms with Crippen LogP contribution < -0.4 is 0 Å². The van der Waals surface area contributed by atoms with Crippen LogP contribution in [-0.4, -0.2) is 19.6 Å². The third-order valence-corrected chi connectivity index (χ3v) is 4.82. The minimum Gasteiger partial charge on any atom is -0.438 e. The Bertz CT molecular complexity index is 281. The standard InChI is InChI=1S/C13H19FO3/c14-7-16-8-17-12(15)13-4-9-1-10(5-13)3-11(2-9)6-13/h9-11H,1-8H2. The molecule has 0 spiro atoms. The lowest BCUT2D eigenvalue weighted by molar-refractivity contribution is -0.185. The summed E-state index contributed by atoms with van der Waals surface area (Å²) < 4.78 is 21.3. The molecule has 4 bridgehead atoms. The fraction of sp³-hybridized carbons (Fsp3) is 0.923. The molecule has 0 aliphatic heterocycles. The zero-order valence-corrected chi connectivity index (χ0v) is 9.99. The maximum atomic E-state index is 12.1. The Kier molecular flexibility index (Phi) is 2.85. The van der Waals surface area contributed by atoms with E-state index in [1.807, 2.05) is 0 Å². The van der Waals surface area contributed by atoms with Crippen molar-refractivity contribution in [2.24, 2.45) is 23.2 Å². The van der Waals surface area contributed by atoms with Gasteiger partial charge in [0.05, 0.1) is 5.41 Å². The van der Waals surface area contributed by atoms with Gasteiger partial charge < -0.3 is 9.47 Å². The van der Waals surface area contributed by atoms with E-state index in [2.05, 4.69) is 4.74 Å². The SMILES string of the molecule is O=C(OCOCF)C12CC3CC(CC(C3)C1)C2. The van der Waals surface area contributed by atoms with Crippen molar-refractivity contribution in [2.45, 2.75) is 38.5 Å². The zero-order chi connectivity index (χ0) is 11.9. The normalized spacial score (nSPS) is 42.8. The number of carbonyl (C=O) groups excluding carboxylic acids is 1. The molecular weight excluding hydrogens is 223 g/mol. The highest BCUT2D eigenvalue weighted by molar-refractivity contribution is 5.77. The molecule has 0 radical (unpaired) electrons. The van der Waals surface area contributed by atoms with Crippen molar-refractivity contribution in [1.29, 1.82) is 0 Å². The van der Waals surface area contributed by atoms with E-state index in [0.29, 0.717) is 0 Å². The molecular formula is C13H19FO3. The summed E-state index contributed by atoms with van der Waals surface area (Å²) in [6.07, 6.45) is 6.84. The number of ether oxygens (including phenoxy) is 2. The minimum atomic E-state index is -0.895. The highest BCUT2D eigenvalue weighted by Crippen LogP contribution is 2.60. The van der Waals surface area contributed by atoms with Crippen LogP contribution in [0.25, 0.3) is 0 Å². The van der Waals surface area contributed by atoms with Gasteiger partial charge in [0.1, 0.15) is 0 Å². The fourth-order valence-electron chi connectivity index (χ4n) is 4.64. The van der Waals surface area contributed by atoms with Gasteiger partial charge in [0.2, 0.25) is 0 Å². The molecule has 0 aromatic rings. The van der Waals surface area contributed by atoms with E-state index in [1.54, 1.807) is 0 Å². The van der Waals surface area contributed by atoms with E-state index in [9.17, 15) is 9.18 Å². The summed E-state index contributed by atoms with van der Waals surface area (Å²) in [5, 5.41) is 0. The van der Waals surface area contributed by atoms with Gasteiger partial charge in [0.25, 0.3) is 0 Å². The van der Waals surface area contributed by atoms with E-state index in [4.69, 9.17) is 4.74 Å². The van der Waals surface area contributed by atoms with Crippen molar-refractivity contribution >= 4 is 5.97 Å². The molecule has 4 aliphatic carbocycles. The predicted octanol–water partition coefficient (Wildman–Crippen LogP) is 2.65. The number of esters is 1. The van der Waals surface area contributed by atoms with Crippen LogP contribution in [0.3, 0.4) is 0 Å². The van der Waals surface area contributed by atoms with Crippen LogP contribution in [0.15, 0.2) is 0 Å². The van der Waals surface area contributed by atoms with Crippen LogP contribution in [0.4, 0.5) is 4.39 Å². The summed E-state index contributed by atoms with van der Waals surface area (Å²) in [5.74, 6) is 2.01. The van der Waals surface area contributed by atoms with Crippen molar-refractivity contribution in [1.82, 2.24) is 0 Å². The molecule has 0 N–H and O–H groups in total. The molecule has 4 heteroatoms. The Morgan fingerprint density at radius 3 is 2.12 bits per heavy atom. The van der Waals surface area contributed by atoms with Gasteiger partial charge in [0.15, 0.2) is 13.7 Å². The molecule has 0 heterocycles. The summed E-state index contributed by atoms with van der Waals surface area (Å²) in [5.41, 5.74) is -0.256. The average molecular weight is 242 g/mol. The van der Waals surface area contributed by atoms with E-state index >= 15 is 0 Å². The second kappa shape index (κ2) is 4.23. The third kappa shape index (κ3) is 1.96. The summed E-state index contributed by atoms with van der Waals surface area (Å²) >= 11 is 0. The topological polar surface area (TPSA) is 35.5 Å². The Morgan fingerprint density at radius 2 is 1.65 bits per heavy atom. The molecule has 0 saturated heterocycles. The first-order valence-corrected chi connectivity index (χ1v) is 6.53. The van der Waals surface area contributed by atoms with Crippen LogP contribution >= 0.6 is 0 Å². The largest absolute Gasteiger partial charge is 0.438 e. The molecule has 3 nitrogen and oxygen atoms in total. The van der Waals surface area contributed by atoms with E-state index in [-0.39, 0.29) is 18.2 Å². The van der Waals surface area contributed by atoms with Gasteiger partial charge in [-0.2, -0.15) is 0 Å². The first kappa shape index (κ1) is 11.5. The van der Waals surface area contributed by atoms with Crippen LogP contribution in [0.5, 0.6) is 0 Å². The first-order chi connectivity index (χ1) is 8.22. The Morgan fingerprint density at radius 1 is 1.12 bits per heavy atom.